The van der Waals surface area contributed by atoms with Crippen LogP contribution in [0.15, 0.2) is 61.1 Å². The van der Waals surface area contributed by atoms with Crippen LogP contribution in [0, 0.1) is 0 Å². The van der Waals surface area contributed by atoms with E-state index in [1.165, 1.54) is 13.3 Å². The molecule has 1 atom stereocenters. The fraction of sp³-hybridized carbons (Fsp3) is 0.500. The number of hydrogen-bond acceptors (Lipinski definition) is 8. The molecule has 0 radical (unpaired) electrons. The number of nitrogens with zero attached hydrogens (tertiary/aromatic N) is 4. The molecule has 10 nitrogen and oxygen atoms in total. The Hall–Kier alpha value is -3.67. The lowest BCUT2D eigenvalue weighted by atomic mass is 10.1. The molecule has 0 bridgehead atoms. The Balaban J connectivity index is 0.00000425. The van der Waals surface area contributed by atoms with E-state index in [0.717, 1.165) is 11.1 Å². The number of rotatable bonds is 12. The van der Waals surface area contributed by atoms with Crippen molar-refractivity contribution in [3.05, 3.63) is 94.0 Å². The minimum atomic E-state index is -1.58. The summed E-state index contributed by atoms with van der Waals surface area (Å²) in [6, 6.07) is 12.6. The summed E-state index contributed by atoms with van der Waals surface area (Å²) < 4.78 is 17.3. The van der Waals surface area contributed by atoms with E-state index < -0.39 is 34.1 Å². The van der Waals surface area contributed by atoms with Gasteiger partial charge in [0.25, 0.3) is 5.91 Å². The van der Waals surface area contributed by atoms with Crippen LogP contribution in [0.4, 0.5) is 4.79 Å². The fourth-order valence-corrected chi connectivity index (χ4v) is 5.59. The molecule has 0 saturated heterocycles. The van der Waals surface area contributed by atoms with Crippen molar-refractivity contribution in [2.24, 2.45) is 0 Å². The minimum Gasteiger partial charge on any atom is -0.465 e. The molecular weight excluding hydrogens is 676 g/mol. The predicted octanol–water partition coefficient (Wildman–Crippen LogP) is 8.53. The minimum absolute atomic E-state index is 0.112. The van der Waals surface area contributed by atoms with E-state index >= 15 is 0 Å². The van der Waals surface area contributed by atoms with E-state index in [9.17, 15) is 14.4 Å². The summed E-state index contributed by atoms with van der Waals surface area (Å²) in [5, 5.41) is 0.377. The summed E-state index contributed by atoms with van der Waals surface area (Å²) in [6.07, 6.45) is 8.59. The zero-order valence-electron chi connectivity index (χ0n) is 31.7. The van der Waals surface area contributed by atoms with Crippen LogP contribution in [0.1, 0.15) is 98.9 Å². The standard InChI is InChI=1S/C36H49ClN4O6S.C2H6/c1-35(2,3)46-34(44)41(24-30(28-15-16-31(37)39-22-28)47-48(9,10)36(4,5)6)18-17-25-11-13-27(14-12-25)32(42)40(7)23-26-19-29(21-38-20-26)33(43)45-8;1-2/h11-16,19-22,30H,17-18,23-24H2,1-10H3;1-2H3. The normalized spacial score (nSPS) is 12.6. The third-order valence-electron chi connectivity index (χ3n) is 7.85. The van der Waals surface area contributed by atoms with Gasteiger partial charge >= 0.3 is 12.1 Å². The molecule has 0 aliphatic heterocycles. The molecule has 2 heterocycles. The fourth-order valence-electron chi connectivity index (χ4n) is 4.44. The Kier molecular flexibility index (Phi) is 15.8. The van der Waals surface area contributed by atoms with Gasteiger partial charge < -0.3 is 23.5 Å². The first-order valence-electron chi connectivity index (χ1n) is 16.7. The van der Waals surface area contributed by atoms with Crippen molar-refractivity contribution in [1.82, 2.24) is 19.8 Å². The predicted molar refractivity (Wildman–Crippen MR) is 203 cm³/mol. The lowest BCUT2D eigenvalue weighted by Crippen LogP contribution is -2.41. The third kappa shape index (κ3) is 12.9. The van der Waals surface area contributed by atoms with Gasteiger partial charge in [-0.15, -0.1) is 10.3 Å². The summed E-state index contributed by atoms with van der Waals surface area (Å²) in [7, 11) is 1.42. The molecule has 0 spiro atoms. The molecule has 50 heavy (non-hydrogen) atoms. The van der Waals surface area contributed by atoms with Crippen LogP contribution in [0.2, 0.25) is 5.15 Å². The second kappa shape index (κ2) is 18.5. The molecule has 0 N–H and O–H groups in total. The number of hydrogen-bond donors (Lipinski definition) is 0. The average Bonchev–Trinajstić information content (AvgIpc) is 3.05. The molecule has 2 aromatic heterocycles. The Morgan fingerprint density at radius 1 is 0.900 bits per heavy atom. The van der Waals surface area contributed by atoms with Gasteiger partial charge in [-0.05, 0) is 75.1 Å². The van der Waals surface area contributed by atoms with Crippen LogP contribution in [-0.2, 0) is 26.6 Å². The zero-order valence-corrected chi connectivity index (χ0v) is 33.3. The SMILES string of the molecule is CC.COC(=O)c1cncc(CN(C)C(=O)c2ccc(CCN(CC(OS(C)(C)C(C)(C)C)c3ccc(Cl)nc3)C(=O)OC(C)(C)C)cc2)c1. The maximum atomic E-state index is 13.5. The number of ether oxygens (including phenoxy) is 2. The first kappa shape index (κ1) is 42.5. The summed E-state index contributed by atoms with van der Waals surface area (Å²) in [5.74, 6) is -0.667. The van der Waals surface area contributed by atoms with Crippen molar-refractivity contribution < 1.29 is 28.0 Å². The number of carbonyl (C=O) groups excluding carboxylic acids is 3. The quantitative estimate of drug-likeness (QED) is 0.135. The van der Waals surface area contributed by atoms with Gasteiger partial charge in [0.2, 0.25) is 0 Å². The lowest BCUT2D eigenvalue weighted by molar-refractivity contribution is 0.0177. The van der Waals surface area contributed by atoms with Crippen LogP contribution < -0.4 is 0 Å². The van der Waals surface area contributed by atoms with E-state index in [-0.39, 0.29) is 23.7 Å². The van der Waals surface area contributed by atoms with Gasteiger partial charge in [0.1, 0.15) is 16.9 Å². The number of methoxy groups -OCH3 is 1. The van der Waals surface area contributed by atoms with Crippen LogP contribution in [0.3, 0.4) is 0 Å². The molecule has 0 aliphatic rings. The van der Waals surface area contributed by atoms with Gasteiger partial charge in [0, 0.05) is 54.6 Å². The van der Waals surface area contributed by atoms with E-state index in [1.54, 1.807) is 53.5 Å². The van der Waals surface area contributed by atoms with Gasteiger partial charge in [-0.2, -0.15) is 0 Å². The first-order valence-corrected chi connectivity index (χ1v) is 19.4. The highest BCUT2D eigenvalue weighted by atomic mass is 35.5. The van der Waals surface area contributed by atoms with Gasteiger partial charge in [-0.25, -0.2) is 14.6 Å². The van der Waals surface area contributed by atoms with Crippen molar-refractivity contribution in [2.75, 3.05) is 39.8 Å². The molecule has 2 amide bonds. The number of benzene rings is 1. The van der Waals surface area contributed by atoms with Crippen molar-refractivity contribution >= 4 is 39.9 Å². The smallest absolute Gasteiger partial charge is 0.410 e. The van der Waals surface area contributed by atoms with Gasteiger partial charge in [0.15, 0.2) is 0 Å². The Labute approximate surface area is 305 Å². The molecule has 12 heteroatoms. The highest BCUT2D eigenvalue weighted by molar-refractivity contribution is 8.29. The molecule has 276 valence electrons. The molecular formula is C38H55ClN4O6S. The Bertz CT molecular complexity index is 1550. The molecule has 1 unspecified atom stereocenters. The van der Waals surface area contributed by atoms with Gasteiger partial charge in [0.05, 0.1) is 19.2 Å². The van der Waals surface area contributed by atoms with Gasteiger partial charge in [-0.1, -0.05) is 64.4 Å². The highest BCUT2D eigenvalue weighted by Crippen LogP contribution is 2.56. The maximum Gasteiger partial charge on any atom is 0.410 e. The molecule has 3 aromatic rings. The van der Waals surface area contributed by atoms with Crippen LogP contribution in [-0.4, -0.2) is 87.8 Å². The van der Waals surface area contributed by atoms with Crippen LogP contribution in [0.25, 0.3) is 0 Å². The molecule has 1 aromatic carbocycles. The number of pyridine rings is 2. The van der Waals surface area contributed by atoms with Crippen LogP contribution >= 0.6 is 21.9 Å². The Morgan fingerprint density at radius 2 is 1.54 bits per heavy atom. The summed E-state index contributed by atoms with van der Waals surface area (Å²) in [4.78, 5) is 50.2. The van der Waals surface area contributed by atoms with E-state index in [1.807, 2.05) is 52.8 Å². The largest absolute Gasteiger partial charge is 0.465 e. The maximum absolute atomic E-state index is 13.5. The van der Waals surface area contributed by atoms with Crippen LogP contribution in [0.5, 0.6) is 0 Å². The molecule has 3 rings (SSSR count). The number of halogens is 1. The third-order valence-corrected chi connectivity index (χ3v) is 11.7. The second-order valence-electron chi connectivity index (χ2n) is 14.0. The number of carbonyl (C=O) groups is 3. The molecule has 0 aliphatic carbocycles. The Morgan fingerprint density at radius 3 is 2.08 bits per heavy atom. The topological polar surface area (TPSA) is 111 Å². The average molecular weight is 731 g/mol. The molecule has 0 fully saturated rings. The number of esters is 1. The summed E-state index contributed by atoms with van der Waals surface area (Å²) in [5.41, 5.74) is 2.62. The first-order chi connectivity index (χ1) is 23.3. The van der Waals surface area contributed by atoms with E-state index in [2.05, 4.69) is 43.3 Å². The zero-order chi connectivity index (χ0) is 37.9. The molecule has 0 saturated carbocycles. The summed E-state index contributed by atoms with van der Waals surface area (Å²) in [6.45, 7) is 16.8. The van der Waals surface area contributed by atoms with E-state index in [0.29, 0.717) is 34.8 Å². The van der Waals surface area contributed by atoms with Crippen molar-refractivity contribution in [1.29, 1.82) is 0 Å². The van der Waals surface area contributed by atoms with E-state index in [4.69, 9.17) is 25.3 Å². The van der Waals surface area contributed by atoms with Crippen molar-refractivity contribution in [2.45, 2.75) is 84.8 Å². The number of amides is 2. The number of aromatic nitrogens is 2. The highest BCUT2D eigenvalue weighted by Gasteiger charge is 2.34. The second-order valence-corrected chi connectivity index (χ2v) is 18.2. The lowest BCUT2D eigenvalue weighted by Gasteiger charge is -2.46. The van der Waals surface area contributed by atoms with Crippen molar-refractivity contribution in [3.63, 3.8) is 0 Å². The monoisotopic (exact) mass is 730 g/mol. The summed E-state index contributed by atoms with van der Waals surface area (Å²) >= 11 is 6.10. The van der Waals surface area contributed by atoms with Gasteiger partial charge in [-0.3, -0.25) is 9.78 Å². The van der Waals surface area contributed by atoms with Crippen molar-refractivity contribution in [3.8, 4) is 0 Å².